The lowest BCUT2D eigenvalue weighted by Gasteiger charge is -2.57. The third kappa shape index (κ3) is 1.40. The maximum atomic E-state index is 8.72. The van der Waals surface area contributed by atoms with Crippen molar-refractivity contribution in [1.29, 1.82) is 0 Å². The van der Waals surface area contributed by atoms with E-state index in [0.717, 1.165) is 24.3 Å². The zero-order valence-corrected chi connectivity index (χ0v) is 8.84. The predicted octanol–water partition coefficient (Wildman–Crippen LogP) is 2.57. The Morgan fingerprint density at radius 1 is 1.00 bits per heavy atom. The average Bonchev–Trinajstić information content (AvgIpc) is 2.12. The molecular formula is C12H21NO. The largest absolute Gasteiger partial charge is 0.317 e. The molecule has 4 fully saturated rings. The number of hydroxylamine groups is 1. The Hall–Kier alpha value is -0.0800. The van der Waals surface area contributed by atoms with Gasteiger partial charge in [0.25, 0.3) is 0 Å². The Bertz CT molecular complexity index is 191. The number of hydrogen-bond donors (Lipinski definition) is 2. The first kappa shape index (κ1) is 9.17. The highest BCUT2D eigenvalue weighted by Gasteiger charge is 2.50. The molecule has 0 aliphatic heterocycles. The van der Waals surface area contributed by atoms with Crippen LogP contribution in [-0.2, 0) is 0 Å². The van der Waals surface area contributed by atoms with E-state index >= 15 is 0 Å². The highest BCUT2D eigenvalue weighted by atomic mass is 16.5. The van der Waals surface area contributed by atoms with Crippen LogP contribution in [-0.4, -0.2) is 11.8 Å². The minimum Gasteiger partial charge on any atom is -0.317 e. The van der Waals surface area contributed by atoms with Crippen LogP contribution in [0.25, 0.3) is 0 Å². The molecule has 0 aromatic heterocycles. The summed E-state index contributed by atoms with van der Waals surface area (Å²) in [4.78, 5) is 0. The molecule has 4 aliphatic rings. The van der Waals surface area contributed by atoms with Crippen molar-refractivity contribution in [2.45, 2.75) is 44.9 Å². The van der Waals surface area contributed by atoms with Crippen molar-refractivity contribution >= 4 is 0 Å². The lowest BCUT2D eigenvalue weighted by atomic mass is 9.49. The molecule has 4 saturated carbocycles. The summed E-state index contributed by atoms with van der Waals surface area (Å²) in [6.45, 7) is 0.798. The van der Waals surface area contributed by atoms with E-state index in [1.165, 1.54) is 44.9 Å². The quantitative estimate of drug-likeness (QED) is 0.678. The Balaban J connectivity index is 1.74. The first-order valence-electron chi connectivity index (χ1n) is 6.17. The molecule has 0 radical (unpaired) electrons. The summed E-state index contributed by atoms with van der Waals surface area (Å²) in [5.41, 5.74) is 2.97. The van der Waals surface area contributed by atoms with Gasteiger partial charge in [-0.25, -0.2) is 5.48 Å². The molecule has 80 valence electrons. The van der Waals surface area contributed by atoms with Crippen LogP contribution in [0, 0.1) is 23.2 Å². The van der Waals surface area contributed by atoms with E-state index < -0.39 is 0 Å². The number of rotatable bonds is 3. The molecule has 2 N–H and O–H groups in total. The minimum absolute atomic E-state index is 0.629. The van der Waals surface area contributed by atoms with Gasteiger partial charge in [0.05, 0.1) is 0 Å². The Labute approximate surface area is 86.0 Å². The van der Waals surface area contributed by atoms with Crippen molar-refractivity contribution in [1.82, 2.24) is 5.48 Å². The summed E-state index contributed by atoms with van der Waals surface area (Å²) in [5, 5.41) is 8.72. The van der Waals surface area contributed by atoms with E-state index in [-0.39, 0.29) is 0 Å². The summed E-state index contributed by atoms with van der Waals surface area (Å²) >= 11 is 0. The van der Waals surface area contributed by atoms with Gasteiger partial charge in [-0.1, -0.05) is 0 Å². The summed E-state index contributed by atoms with van der Waals surface area (Å²) < 4.78 is 0. The monoisotopic (exact) mass is 195 g/mol. The SMILES string of the molecule is ONCCC12CC3CC(CC(C3)C1)C2. The molecule has 0 heterocycles. The molecule has 0 aromatic rings. The second-order valence-electron chi connectivity index (χ2n) is 6.08. The fraction of sp³-hybridized carbons (Fsp3) is 1.00. The Morgan fingerprint density at radius 3 is 1.93 bits per heavy atom. The molecular weight excluding hydrogens is 174 g/mol. The molecule has 14 heavy (non-hydrogen) atoms. The lowest BCUT2D eigenvalue weighted by molar-refractivity contribution is -0.0604. The number of nitrogens with one attached hydrogen (secondary N) is 1. The van der Waals surface area contributed by atoms with Gasteiger partial charge in [0.1, 0.15) is 0 Å². The zero-order chi connectivity index (χ0) is 9.60. The molecule has 0 spiro atoms. The van der Waals surface area contributed by atoms with Gasteiger partial charge in [0.15, 0.2) is 0 Å². The second-order valence-corrected chi connectivity index (χ2v) is 6.08. The maximum Gasteiger partial charge on any atom is 0.0212 e. The summed E-state index contributed by atoms with van der Waals surface area (Å²) in [7, 11) is 0. The van der Waals surface area contributed by atoms with Crippen LogP contribution in [0.5, 0.6) is 0 Å². The van der Waals surface area contributed by atoms with Crippen molar-refractivity contribution in [3.05, 3.63) is 0 Å². The normalized spacial score (nSPS) is 49.9. The van der Waals surface area contributed by atoms with Crippen LogP contribution >= 0.6 is 0 Å². The van der Waals surface area contributed by atoms with Crippen LogP contribution in [0.2, 0.25) is 0 Å². The van der Waals surface area contributed by atoms with Gasteiger partial charge in [-0.2, -0.15) is 0 Å². The molecule has 0 amide bonds. The molecule has 0 atom stereocenters. The average molecular weight is 195 g/mol. The van der Waals surface area contributed by atoms with Gasteiger partial charge in [0, 0.05) is 6.54 Å². The van der Waals surface area contributed by atoms with Gasteiger partial charge >= 0.3 is 0 Å². The minimum atomic E-state index is 0.629. The molecule has 2 heteroatoms. The second kappa shape index (κ2) is 3.21. The van der Waals surface area contributed by atoms with Gasteiger partial charge in [-0.05, 0) is 68.1 Å². The highest BCUT2D eigenvalue weighted by molar-refractivity contribution is 5.01. The lowest BCUT2D eigenvalue weighted by Crippen LogP contribution is -2.46. The van der Waals surface area contributed by atoms with E-state index in [2.05, 4.69) is 5.48 Å². The molecule has 4 rings (SSSR count). The van der Waals surface area contributed by atoms with Crippen LogP contribution in [0.1, 0.15) is 44.9 Å². The van der Waals surface area contributed by atoms with Crippen molar-refractivity contribution in [3.8, 4) is 0 Å². The smallest absolute Gasteiger partial charge is 0.0212 e. The van der Waals surface area contributed by atoms with Gasteiger partial charge in [-0.3, -0.25) is 0 Å². The number of hydrogen-bond acceptors (Lipinski definition) is 2. The summed E-state index contributed by atoms with van der Waals surface area (Å²) in [6, 6.07) is 0. The molecule has 2 nitrogen and oxygen atoms in total. The third-order valence-electron chi connectivity index (χ3n) is 4.93. The third-order valence-corrected chi connectivity index (χ3v) is 4.93. The molecule has 4 bridgehead atoms. The molecule has 0 saturated heterocycles. The van der Waals surface area contributed by atoms with Crippen molar-refractivity contribution in [2.24, 2.45) is 23.2 Å². The maximum absolute atomic E-state index is 8.72. The topological polar surface area (TPSA) is 32.3 Å². The van der Waals surface area contributed by atoms with E-state index in [0.29, 0.717) is 5.41 Å². The Kier molecular flexibility index (Phi) is 2.10. The van der Waals surface area contributed by atoms with Crippen molar-refractivity contribution < 1.29 is 5.21 Å². The molecule has 0 aromatic carbocycles. The predicted molar refractivity (Wildman–Crippen MR) is 55.0 cm³/mol. The fourth-order valence-corrected chi connectivity index (χ4v) is 4.92. The summed E-state index contributed by atoms with van der Waals surface area (Å²) in [6.07, 6.45) is 10.1. The van der Waals surface area contributed by atoms with Gasteiger partial charge in [-0.15, -0.1) is 0 Å². The van der Waals surface area contributed by atoms with Crippen LogP contribution < -0.4 is 5.48 Å². The van der Waals surface area contributed by atoms with Crippen LogP contribution in [0.15, 0.2) is 0 Å². The van der Waals surface area contributed by atoms with Crippen LogP contribution in [0.4, 0.5) is 0 Å². The van der Waals surface area contributed by atoms with E-state index in [9.17, 15) is 0 Å². The summed E-state index contributed by atoms with van der Waals surface area (Å²) in [5.74, 6) is 3.12. The van der Waals surface area contributed by atoms with Crippen LogP contribution in [0.3, 0.4) is 0 Å². The van der Waals surface area contributed by atoms with Crippen molar-refractivity contribution in [2.75, 3.05) is 6.54 Å². The zero-order valence-electron chi connectivity index (χ0n) is 8.84. The Morgan fingerprint density at radius 2 is 1.50 bits per heavy atom. The van der Waals surface area contributed by atoms with E-state index in [1.807, 2.05) is 0 Å². The van der Waals surface area contributed by atoms with E-state index in [1.54, 1.807) is 0 Å². The standard InChI is InChI=1S/C12H21NO/c14-13-2-1-12-6-9-3-10(7-12)5-11(4-9)8-12/h9-11,13-14H,1-8H2. The first-order chi connectivity index (χ1) is 6.80. The van der Waals surface area contributed by atoms with Gasteiger partial charge < -0.3 is 5.21 Å². The van der Waals surface area contributed by atoms with Crippen molar-refractivity contribution in [3.63, 3.8) is 0 Å². The fourth-order valence-electron chi connectivity index (χ4n) is 4.92. The van der Waals surface area contributed by atoms with Gasteiger partial charge in [0.2, 0.25) is 0 Å². The molecule has 0 unspecified atom stereocenters. The van der Waals surface area contributed by atoms with E-state index in [4.69, 9.17) is 5.21 Å². The highest BCUT2D eigenvalue weighted by Crippen LogP contribution is 2.61. The molecule has 4 aliphatic carbocycles. The first-order valence-corrected chi connectivity index (χ1v) is 6.17.